The second-order valence-electron chi connectivity index (χ2n) is 8.91. The third kappa shape index (κ3) is 4.29. The number of benzene rings is 2. The van der Waals surface area contributed by atoms with E-state index in [0.717, 1.165) is 49.1 Å². The van der Waals surface area contributed by atoms with Crippen molar-refractivity contribution in [2.75, 3.05) is 42.5 Å². The molecule has 8 heteroatoms. The third-order valence-electron chi connectivity index (χ3n) is 6.79. The van der Waals surface area contributed by atoms with Crippen molar-refractivity contribution in [1.29, 1.82) is 0 Å². The van der Waals surface area contributed by atoms with Gasteiger partial charge >= 0.3 is 0 Å². The van der Waals surface area contributed by atoms with Crippen molar-refractivity contribution in [3.63, 3.8) is 0 Å². The van der Waals surface area contributed by atoms with Crippen molar-refractivity contribution >= 4 is 32.4 Å². The number of aromatic nitrogens is 1. The van der Waals surface area contributed by atoms with E-state index in [9.17, 15) is 12.8 Å². The Hall–Kier alpha value is -2.71. The number of hydrogen-bond donors (Lipinski definition) is 0. The molecule has 0 N–H and O–H groups in total. The minimum atomic E-state index is -3.51. The van der Waals surface area contributed by atoms with E-state index < -0.39 is 10.0 Å². The van der Waals surface area contributed by atoms with Gasteiger partial charge in [-0.2, -0.15) is 4.31 Å². The fourth-order valence-electron chi connectivity index (χ4n) is 4.88. The Kier molecular flexibility index (Phi) is 5.97. The summed E-state index contributed by atoms with van der Waals surface area (Å²) in [6.45, 7) is 5.48. The molecule has 0 aliphatic carbocycles. The molecule has 174 valence electrons. The molecule has 3 aromatic rings. The van der Waals surface area contributed by atoms with Crippen LogP contribution in [-0.2, 0) is 10.0 Å². The van der Waals surface area contributed by atoms with Gasteiger partial charge in [-0.25, -0.2) is 17.8 Å². The molecule has 1 atom stereocenters. The van der Waals surface area contributed by atoms with Gasteiger partial charge in [0, 0.05) is 44.2 Å². The fraction of sp³-hybridized carbons (Fsp3) is 0.400. The van der Waals surface area contributed by atoms with Crippen molar-refractivity contribution in [2.45, 2.75) is 37.1 Å². The molecule has 1 unspecified atom stereocenters. The summed E-state index contributed by atoms with van der Waals surface area (Å²) in [6.07, 6.45) is 2.89. The van der Waals surface area contributed by atoms with Crippen molar-refractivity contribution in [3.05, 3.63) is 60.4 Å². The number of sulfonamides is 1. The molecule has 2 aromatic carbocycles. The van der Waals surface area contributed by atoms with E-state index in [1.165, 1.54) is 6.07 Å². The Morgan fingerprint density at radius 1 is 0.909 bits per heavy atom. The lowest BCUT2D eigenvalue weighted by Crippen LogP contribution is -2.47. The average molecular weight is 469 g/mol. The van der Waals surface area contributed by atoms with E-state index >= 15 is 0 Å². The number of para-hydroxylation sites is 1. The van der Waals surface area contributed by atoms with Gasteiger partial charge < -0.3 is 9.80 Å². The van der Waals surface area contributed by atoms with E-state index in [0.29, 0.717) is 30.2 Å². The molecule has 3 heterocycles. The van der Waals surface area contributed by atoms with Crippen molar-refractivity contribution in [2.24, 2.45) is 0 Å². The van der Waals surface area contributed by atoms with Crippen molar-refractivity contribution in [3.8, 4) is 0 Å². The number of piperazine rings is 1. The Balaban J connectivity index is 1.33. The van der Waals surface area contributed by atoms with E-state index in [-0.39, 0.29) is 11.9 Å². The molecule has 0 amide bonds. The highest BCUT2D eigenvalue weighted by Crippen LogP contribution is 2.28. The summed E-state index contributed by atoms with van der Waals surface area (Å²) in [5.41, 5.74) is 1.41. The molecule has 0 saturated carbocycles. The van der Waals surface area contributed by atoms with Gasteiger partial charge in [-0.05, 0) is 62.2 Å². The van der Waals surface area contributed by atoms with Crippen LogP contribution in [0.25, 0.3) is 10.9 Å². The van der Waals surface area contributed by atoms with Gasteiger partial charge in [-0.1, -0.05) is 18.6 Å². The predicted molar refractivity (Wildman–Crippen MR) is 130 cm³/mol. The van der Waals surface area contributed by atoms with Gasteiger partial charge in [0.05, 0.1) is 16.1 Å². The van der Waals surface area contributed by atoms with Crippen LogP contribution >= 0.6 is 0 Å². The van der Waals surface area contributed by atoms with Crippen LogP contribution in [0.4, 0.5) is 15.9 Å². The molecule has 33 heavy (non-hydrogen) atoms. The number of rotatable bonds is 4. The first kappa shape index (κ1) is 22.1. The summed E-state index contributed by atoms with van der Waals surface area (Å²) in [5.74, 6) is 0.662. The van der Waals surface area contributed by atoms with Crippen LogP contribution in [-0.4, -0.2) is 56.5 Å². The van der Waals surface area contributed by atoms with Crippen LogP contribution in [0.5, 0.6) is 0 Å². The number of pyridine rings is 1. The normalized spacial score (nSPS) is 20.4. The quantitative estimate of drug-likeness (QED) is 0.573. The van der Waals surface area contributed by atoms with Gasteiger partial charge in [0.15, 0.2) is 0 Å². The SMILES string of the molecule is CC1CCCCN1S(=O)(=O)c1ccc2nc(N3CCN(c4ccccc4F)CC3)ccc2c1. The molecule has 0 spiro atoms. The first-order valence-electron chi connectivity index (χ1n) is 11.6. The zero-order chi connectivity index (χ0) is 23.0. The molecule has 2 aliphatic heterocycles. The summed E-state index contributed by atoms with van der Waals surface area (Å²) in [6, 6.07) is 16.0. The van der Waals surface area contributed by atoms with Gasteiger partial charge in [-0.15, -0.1) is 0 Å². The monoisotopic (exact) mass is 468 g/mol. The molecular formula is C25H29FN4O2S. The maximum atomic E-state index is 14.1. The first-order chi connectivity index (χ1) is 15.9. The van der Waals surface area contributed by atoms with Gasteiger partial charge in [0.1, 0.15) is 11.6 Å². The zero-order valence-electron chi connectivity index (χ0n) is 18.8. The molecule has 0 radical (unpaired) electrons. The highest BCUT2D eigenvalue weighted by Gasteiger charge is 2.31. The molecule has 1 aromatic heterocycles. The van der Waals surface area contributed by atoms with Gasteiger partial charge in [0.25, 0.3) is 0 Å². The number of fused-ring (bicyclic) bond motifs is 1. The first-order valence-corrected chi connectivity index (χ1v) is 13.0. The topological polar surface area (TPSA) is 56.8 Å². The van der Waals surface area contributed by atoms with E-state index in [1.807, 2.05) is 31.2 Å². The maximum absolute atomic E-state index is 14.1. The number of hydrogen-bond acceptors (Lipinski definition) is 5. The average Bonchev–Trinajstić information content (AvgIpc) is 2.84. The molecular weight excluding hydrogens is 439 g/mol. The predicted octanol–water partition coefficient (Wildman–Crippen LogP) is 4.26. The maximum Gasteiger partial charge on any atom is 0.243 e. The Morgan fingerprint density at radius 3 is 2.42 bits per heavy atom. The minimum Gasteiger partial charge on any atom is -0.366 e. The Bertz CT molecular complexity index is 1260. The largest absolute Gasteiger partial charge is 0.366 e. The highest BCUT2D eigenvalue weighted by molar-refractivity contribution is 7.89. The molecule has 0 bridgehead atoms. The molecule has 2 fully saturated rings. The van der Waals surface area contributed by atoms with Crippen LogP contribution in [0.3, 0.4) is 0 Å². The Morgan fingerprint density at radius 2 is 1.67 bits per heavy atom. The van der Waals surface area contributed by atoms with Crippen LogP contribution < -0.4 is 9.80 Å². The van der Waals surface area contributed by atoms with E-state index in [4.69, 9.17) is 4.98 Å². The van der Waals surface area contributed by atoms with Crippen molar-refractivity contribution < 1.29 is 12.8 Å². The Labute approximate surface area is 194 Å². The fourth-order valence-corrected chi connectivity index (χ4v) is 6.61. The van der Waals surface area contributed by atoms with Gasteiger partial charge in [0.2, 0.25) is 10.0 Å². The lowest BCUT2D eigenvalue weighted by atomic mass is 10.1. The summed E-state index contributed by atoms with van der Waals surface area (Å²) < 4.78 is 42.1. The number of halogens is 1. The van der Waals surface area contributed by atoms with Crippen LogP contribution in [0.1, 0.15) is 26.2 Å². The van der Waals surface area contributed by atoms with Crippen molar-refractivity contribution in [1.82, 2.24) is 9.29 Å². The summed E-state index contributed by atoms with van der Waals surface area (Å²) in [4.78, 5) is 9.37. The molecule has 5 rings (SSSR count). The lowest BCUT2D eigenvalue weighted by Gasteiger charge is -2.36. The van der Waals surface area contributed by atoms with Crippen LogP contribution in [0.15, 0.2) is 59.5 Å². The van der Waals surface area contributed by atoms with Gasteiger partial charge in [-0.3, -0.25) is 0 Å². The van der Waals surface area contributed by atoms with Crippen LogP contribution in [0, 0.1) is 5.82 Å². The second kappa shape index (κ2) is 8.91. The standard InChI is InChI=1S/C25H29FN4O2S/c1-19-6-4-5-13-30(19)33(31,32)21-10-11-23-20(18-21)9-12-25(27-23)29-16-14-28(15-17-29)24-8-3-2-7-22(24)26/h2-3,7-12,18-19H,4-6,13-17H2,1H3. The lowest BCUT2D eigenvalue weighted by molar-refractivity contribution is 0.268. The smallest absolute Gasteiger partial charge is 0.243 e. The summed E-state index contributed by atoms with van der Waals surface area (Å²) >= 11 is 0. The molecule has 2 saturated heterocycles. The van der Waals surface area contributed by atoms with Crippen LogP contribution in [0.2, 0.25) is 0 Å². The second-order valence-corrected chi connectivity index (χ2v) is 10.8. The summed E-state index contributed by atoms with van der Waals surface area (Å²) in [7, 11) is -3.51. The number of anilines is 2. The third-order valence-corrected chi connectivity index (χ3v) is 8.80. The zero-order valence-corrected chi connectivity index (χ0v) is 19.6. The molecule has 6 nitrogen and oxygen atoms in total. The molecule has 2 aliphatic rings. The van der Waals surface area contributed by atoms with E-state index in [1.54, 1.807) is 28.6 Å². The number of piperidine rings is 1. The number of nitrogens with zero attached hydrogens (tertiary/aromatic N) is 4. The minimum absolute atomic E-state index is 0.0305. The summed E-state index contributed by atoms with van der Waals surface area (Å²) in [5, 5.41) is 0.814. The highest BCUT2D eigenvalue weighted by atomic mass is 32.2. The van der Waals surface area contributed by atoms with E-state index in [2.05, 4.69) is 9.80 Å².